The molecule has 2 heteroatoms. The number of likely N-dealkylation sites (tertiary alicyclic amines) is 1. The van der Waals surface area contributed by atoms with Crippen LogP contribution in [0, 0.1) is 5.41 Å². The molecule has 2 nitrogen and oxygen atoms in total. The van der Waals surface area contributed by atoms with Crippen molar-refractivity contribution in [1.29, 1.82) is 0 Å². The quantitative estimate of drug-likeness (QED) is 0.749. The molecule has 1 fully saturated rings. The molecule has 0 aliphatic carbocycles. The lowest BCUT2D eigenvalue weighted by molar-refractivity contribution is 0.139. The fraction of sp³-hybridized carbons (Fsp3) is 1.00. The van der Waals surface area contributed by atoms with E-state index in [1.165, 1.54) is 58.2 Å². The first-order chi connectivity index (χ1) is 7.76. The van der Waals surface area contributed by atoms with E-state index >= 15 is 0 Å². The van der Waals surface area contributed by atoms with Crippen LogP contribution in [0.15, 0.2) is 0 Å². The average Bonchev–Trinajstić information content (AvgIpc) is 2.57. The topological polar surface area (TPSA) is 15.3 Å². The van der Waals surface area contributed by atoms with Crippen LogP contribution >= 0.6 is 0 Å². The zero-order valence-electron chi connectivity index (χ0n) is 11.5. The van der Waals surface area contributed by atoms with Gasteiger partial charge < -0.3 is 10.2 Å². The van der Waals surface area contributed by atoms with Gasteiger partial charge in [-0.15, -0.1) is 0 Å². The van der Waals surface area contributed by atoms with E-state index in [1.54, 1.807) is 0 Å². The maximum atomic E-state index is 3.39. The second kappa shape index (κ2) is 7.29. The van der Waals surface area contributed by atoms with Crippen LogP contribution in [-0.2, 0) is 0 Å². The summed E-state index contributed by atoms with van der Waals surface area (Å²) in [6.07, 6.45) is 8.27. The molecular weight excluding hydrogens is 196 g/mol. The summed E-state index contributed by atoms with van der Waals surface area (Å²) in [7, 11) is 2.09. The van der Waals surface area contributed by atoms with Gasteiger partial charge >= 0.3 is 0 Å². The molecule has 0 amide bonds. The molecule has 0 aromatic rings. The van der Waals surface area contributed by atoms with Crippen molar-refractivity contribution in [3.63, 3.8) is 0 Å². The molecule has 0 aromatic heterocycles. The Morgan fingerprint density at radius 3 is 2.00 bits per heavy atom. The van der Waals surface area contributed by atoms with Gasteiger partial charge in [-0.3, -0.25) is 0 Å². The van der Waals surface area contributed by atoms with Crippen LogP contribution in [0.5, 0.6) is 0 Å². The molecule has 16 heavy (non-hydrogen) atoms. The van der Waals surface area contributed by atoms with E-state index in [-0.39, 0.29) is 0 Å². The van der Waals surface area contributed by atoms with Crippen molar-refractivity contribution in [2.24, 2.45) is 5.41 Å². The Morgan fingerprint density at radius 2 is 1.56 bits per heavy atom. The number of nitrogens with one attached hydrogen (secondary N) is 1. The predicted octanol–water partition coefficient (Wildman–Crippen LogP) is 2.89. The highest BCUT2D eigenvalue weighted by Gasteiger charge is 2.28. The van der Waals surface area contributed by atoms with Crippen molar-refractivity contribution in [2.75, 3.05) is 33.2 Å². The van der Waals surface area contributed by atoms with Gasteiger partial charge in [-0.2, -0.15) is 0 Å². The van der Waals surface area contributed by atoms with Crippen molar-refractivity contribution < 1.29 is 0 Å². The van der Waals surface area contributed by atoms with Crippen LogP contribution < -0.4 is 5.32 Å². The van der Waals surface area contributed by atoms with Crippen LogP contribution in [-0.4, -0.2) is 38.1 Å². The Bertz CT molecular complexity index is 168. The Labute approximate surface area is 102 Å². The standard InChI is InChI=1S/C14H30N2/c1-4-14(5-2,12-15-3)13-16-10-8-6-7-9-11-16/h15H,4-13H2,1-3H3. The molecule has 0 radical (unpaired) electrons. The first kappa shape index (κ1) is 14.0. The van der Waals surface area contributed by atoms with Gasteiger partial charge in [0.05, 0.1) is 0 Å². The van der Waals surface area contributed by atoms with Crippen LogP contribution in [0.4, 0.5) is 0 Å². The zero-order valence-corrected chi connectivity index (χ0v) is 11.5. The number of nitrogens with zero attached hydrogens (tertiary/aromatic N) is 1. The lowest BCUT2D eigenvalue weighted by Crippen LogP contribution is -2.43. The van der Waals surface area contributed by atoms with Gasteiger partial charge in [-0.05, 0) is 51.2 Å². The fourth-order valence-corrected chi connectivity index (χ4v) is 2.92. The summed E-state index contributed by atoms with van der Waals surface area (Å²) in [6, 6.07) is 0. The van der Waals surface area contributed by atoms with Crippen LogP contribution in [0.2, 0.25) is 0 Å². The minimum absolute atomic E-state index is 0.499. The highest BCUT2D eigenvalue weighted by molar-refractivity contribution is 4.83. The molecule has 1 heterocycles. The summed E-state index contributed by atoms with van der Waals surface area (Å²) in [5, 5.41) is 3.39. The van der Waals surface area contributed by atoms with E-state index in [0.717, 1.165) is 6.54 Å². The molecule has 1 aliphatic rings. The zero-order chi connectivity index (χ0) is 11.9. The molecule has 1 rings (SSSR count). The summed E-state index contributed by atoms with van der Waals surface area (Å²) < 4.78 is 0. The maximum Gasteiger partial charge on any atom is 0.00499 e. The van der Waals surface area contributed by atoms with Gasteiger partial charge in [0, 0.05) is 13.1 Å². The second-order valence-corrected chi connectivity index (χ2v) is 5.43. The van der Waals surface area contributed by atoms with Crippen molar-refractivity contribution >= 4 is 0 Å². The third-order valence-corrected chi connectivity index (χ3v) is 4.31. The van der Waals surface area contributed by atoms with Crippen LogP contribution in [0.25, 0.3) is 0 Å². The van der Waals surface area contributed by atoms with Crippen molar-refractivity contribution in [3.8, 4) is 0 Å². The summed E-state index contributed by atoms with van der Waals surface area (Å²) in [5.74, 6) is 0. The minimum Gasteiger partial charge on any atom is -0.319 e. The maximum absolute atomic E-state index is 3.39. The van der Waals surface area contributed by atoms with E-state index in [9.17, 15) is 0 Å². The SMILES string of the molecule is CCC(CC)(CNC)CN1CCCCCC1. The van der Waals surface area contributed by atoms with Gasteiger partial charge in [-0.1, -0.05) is 26.7 Å². The average molecular weight is 226 g/mol. The Hall–Kier alpha value is -0.0800. The third kappa shape index (κ3) is 4.06. The summed E-state index contributed by atoms with van der Waals surface area (Å²) in [4.78, 5) is 2.71. The molecule has 0 aromatic carbocycles. The molecule has 0 unspecified atom stereocenters. The molecule has 1 N–H and O–H groups in total. The van der Waals surface area contributed by atoms with Gasteiger partial charge in [0.25, 0.3) is 0 Å². The number of hydrogen-bond donors (Lipinski definition) is 1. The Kier molecular flexibility index (Phi) is 6.37. The lowest BCUT2D eigenvalue weighted by Gasteiger charge is -2.37. The highest BCUT2D eigenvalue weighted by atomic mass is 15.1. The highest BCUT2D eigenvalue weighted by Crippen LogP contribution is 2.27. The number of hydrogen-bond acceptors (Lipinski definition) is 2. The first-order valence-corrected chi connectivity index (χ1v) is 7.13. The lowest BCUT2D eigenvalue weighted by atomic mass is 9.81. The minimum atomic E-state index is 0.499. The van der Waals surface area contributed by atoms with E-state index in [0.29, 0.717) is 5.41 Å². The van der Waals surface area contributed by atoms with Gasteiger partial charge in [0.15, 0.2) is 0 Å². The summed E-state index contributed by atoms with van der Waals surface area (Å²) in [6.45, 7) is 9.80. The molecule has 1 saturated heterocycles. The van der Waals surface area contributed by atoms with Crippen molar-refractivity contribution in [3.05, 3.63) is 0 Å². The van der Waals surface area contributed by atoms with E-state index < -0.39 is 0 Å². The summed E-state index contributed by atoms with van der Waals surface area (Å²) in [5.41, 5.74) is 0.499. The number of rotatable bonds is 6. The molecule has 0 bridgehead atoms. The largest absolute Gasteiger partial charge is 0.319 e. The van der Waals surface area contributed by atoms with Gasteiger partial charge in [0.2, 0.25) is 0 Å². The molecule has 0 atom stereocenters. The fourth-order valence-electron chi connectivity index (χ4n) is 2.92. The van der Waals surface area contributed by atoms with Crippen LogP contribution in [0.3, 0.4) is 0 Å². The van der Waals surface area contributed by atoms with Crippen molar-refractivity contribution in [2.45, 2.75) is 52.4 Å². The molecular formula is C14H30N2. The predicted molar refractivity (Wildman–Crippen MR) is 71.8 cm³/mol. The van der Waals surface area contributed by atoms with Crippen molar-refractivity contribution in [1.82, 2.24) is 10.2 Å². The van der Waals surface area contributed by atoms with E-state index in [2.05, 4.69) is 31.1 Å². The van der Waals surface area contributed by atoms with Gasteiger partial charge in [-0.25, -0.2) is 0 Å². The molecule has 96 valence electrons. The molecule has 1 aliphatic heterocycles. The molecule has 0 spiro atoms. The van der Waals surface area contributed by atoms with E-state index in [4.69, 9.17) is 0 Å². The monoisotopic (exact) mass is 226 g/mol. The Balaban J connectivity index is 2.51. The van der Waals surface area contributed by atoms with Crippen LogP contribution in [0.1, 0.15) is 52.4 Å². The first-order valence-electron chi connectivity index (χ1n) is 7.13. The Morgan fingerprint density at radius 1 is 1.00 bits per heavy atom. The molecule has 0 saturated carbocycles. The normalized spacial score (nSPS) is 19.7. The smallest absolute Gasteiger partial charge is 0.00499 e. The summed E-state index contributed by atoms with van der Waals surface area (Å²) >= 11 is 0. The van der Waals surface area contributed by atoms with Gasteiger partial charge in [0.1, 0.15) is 0 Å². The third-order valence-electron chi connectivity index (χ3n) is 4.31. The second-order valence-electron chi connectivity index (χ2n) is 5.43. The van der Waals surface area contributed by atoms with E-state index in [1.807, 2.05) is 0 Å².